The van der Waals surface area contributed by atoms with Crippen molar-refractivity contribution in [3.05, 3.63) is 57.6 Å². The first-order valence-electron chi connectivity index (χ1n) is 5.64. The fourth-order valence-corrected chi connectivity index (χ4v) is 1.97. The van der Waals surface area contributed by atoms with Crippen LogP contribution in [-0.2, 0) is 0 Å². The number of carbonyl (C=O) groups is 1. The molecule has 3 nitrogen and oxygen atoms in total. The van der Waals surface area contributed by atoms with E-state index in [4.69, 9.17) is 0 Å². The standard InChI is InChI=1S/C14H10BrF2NO2/c1-7-3-2-4-8(13(7)19)14(20)18-12-6-10(16)9(15)5-11(12)17/h2-6,19H,1H3,(H,18,20). The molecule has 0 aliphatic carbocycles. The molecule has 0 atom stereocenters. The highest BCUT2D eigenvalue weighted by Crippen LogP contribution is 2.26. The fourth-order valence-electron chi connectivity index (χ4n) is 1.65. The van der Waals surface area contributed by atoms with Crippen LogP contribution in [0.5, 0.6) is 5.75 Å². The smallest absolute Gasteiger partial charge is 0.259 e. The molecule has 0 saturated heterocycles. The van der Waals surface area contributed by atoms with Crippen molar-refractivity contribution < 1.29 is 18.7 Å². The summed E-state index contributed by atoms with van der Waals surface area (Å²) in [6, 6.07) is 6.39. The summed E-state index contributed by atoms with van der Waals surface area (Å²) in [5.41, 5.74) is 0.212. The zero-order valence-electron chi connectivity index (χ0n) is 10.4. The molecule has 0 bridgehead atoms. The Kier molecular flexibility index (Phi) is 4.04. The molecule has 0 aromatic heterocycles. The Hall–Kier alpha value is -1.95. The highest BCUT2D eigenvalue weighted by Gasteiger charge is 2.16. The first-order valence-corrected chi connectivity index (χ1v) is 6.44. The van der Waals surface area contributed by atoms with Crippen molar-refractivity contribution in [2.45, 2.75) is 6.92 Å². The van der Waals surface area contributed by atoms with Crippen molar-refractivity contribution in [1.82, 2.24) is 0 Å². The van der Waals surface area contributed by atoms with E-state index in [2.05, 4.69) is 21.2 Å². The number of aryl methyl sites for hydroxylation is 1. The van der Waals surface area contributed by atoms with Crippen LogP contribution in [0.3, 0.4) is 0 Å². The van der Waals surface area contributed by atoms with E-state index in [9.17, 15) is 18.7 Å². The molecule has 2 aromatic rings. The molecule has 0 aliphatic rings. The molecule has 0 fully saturated rings. The van der Waals surface area contributed by atoms with Crippen LogP contribution < -0.4 is 5.32 Å². The summed E-state index contributed by atoms with van der Waals surface area (Å²) < 4.78 is 26.9. The Morgan fingerprint density at radius 2 is 1.95 bits per heavy atom. The van der Waals surface area contributed by atoms with E-state index in [0.29, 0.717) is 5.56 Å². The maximum atomic E-state index is 13.6. The zero-order valence-corrected chi connectivity index (χ0v) is 12.0. The third-order valence-corrected chi connectivity index (χ3v) is 3.35. The molecular formula is C14H10BrF2NO2. The molecule has 0 heterocycles. The summed E-state index contributed by atoms with van der Waals surface area (Å²) >= 11 is 2.84. The minimum absolute atomic E-state index is 0.00673. The van der Waals surface area contributed by atoms with Gasteiger partial charge >= 0.3 is 0 Å². The Morgan fingerprint density at radius 1 is 1.25 bits per heavy atom. The second-order valence-corrected chi connectivity index (χ2v) is 5.03. The van der Waals surface area contributed by atoms with Crippen molar-refractivity contribution in [1.29, 1.82) is 0 Å². The molecule has 1 amide bonds. The predicted molar refractivity (Wildman–Crippen MR) is 74.9 cm³/mol. The molecule has 2 N–H and O–H groups in total. The number of rotatable bonds is 2. The maximum absolute atomic E-state index is 13.6. The topological polar surface area (TPSA) is 49.3 Å². The van der Waals surface area contributed by atoms with Gasteiger partial charge in [-0.15, -0.1) is 0 Å². The number of benzene rings is 2. The lowest BCUT2D eigenvalue weighted by Crippen LogP contribution is -2.13. The van der Waals surface area contributed by atoms with Crippen LogP contribution in [-0.4, -0.2) is 11.0 Å². The van der Waals surface area contributed by atoms with Gasteiger partial charge in [0.15, 0.2) is 0 Å². The quantitative estimate of drug-likeness (QED) is 0.811. The third-order valence-electron chi connectivity index (χ3n) is 2.74. The van der Waals surface area contributed by atoms with Gasteiger partial charge in [-0.05, 0) is 40.5 Å². The van der Waals surface area contributed by atoms with E-state index in [1.807, 2.05) is 0 Å². The highest BCUT2D eigenvalue weighted by atomic mass is 79.9. The van der Waals surface area contributed by atoms with Crippen LogP contribution in [0.15, 0.2) is 34.8 Å². The second-order valence-electron chi connectivity index (χ2n) is 4.17. The molecular weight excluding hydrogens is 332 g/mol. The van der Waals surface area contributed by atoms with Crippen LogP contribution in [0.2, 0.25) is 0 Å². The molecule has 20 heavy (non-hydrogen) atoms. The van der Waals surface area contributed by atoms with Gasteiger partial charge in [0.2, 0.25) is 0 Å². The van der Waals surface area contributed by atoms with Gasteiger partial charge in [0.1, 0.15) is 17.4 Å². The number of anilines is 1. The number of para-hydroxylation sites is 1. The van der Waals surface area contributed by atoms with Crippen molar-refractivity contribution in [2.75, 3.05) is 5.32 Å². The van der Waals surface area contributed by atoms with Crippen LogP contribution in [0.1, 0.15) is 15.9 Å². The van der Waals surface area contributed by atoms with E-state index in [1.54, 1.807) is 19.1 Å². The van der Waals surface area contributed by atoms with Gasteiger partial charge in [-0.2, -0.15) is 0 Å². The largest absolute Gasteiger partial charge is 0.507 e. The molecule has 0 saturated carbocycles. The first-order chi connectivity index (χ1) is 9.40. The molecule has 6 heteroatoms. The summed E-state index contributed by atoms with van der Waals surface area (Å²) in [5, 5.41) is 12.0. The number of amides is 1. The Morgan fingerprint density at radius 3 is 2.65 bits per heavy atom. The van der Waals surface area contributed by atoms with E-state index < -0.39 is 17.5 Å². The van der Waals surface area contributed by atoms with Gasteiger partial charge in [0.25, 0.3) is 5.91 Å². The number of phenols is 1. The van der Waals surface area contributed by atoms with Gasteiger partial charge in [-0.1, -0.05) is 12.1 Å². The summed E-state index contributed by atoms with van der Waals surface area (Å²) in [7, 11) is 0. The number of carbonyl (C=O) groups excluding carboxylic acids is 1. The van der Waals surface area contributed by atoms with E-state index in [-0.39, 0.29) is 21.5 Å². The number of halogens is 3. The fraction of sp³-hybridized carbons (Fsp3) is 0.0714. The molecule has 2 aromatic carbocycles. The SMILES string of the molecule is Cc1cccc(C(=O)Nc2cc(F)c(Br)cc2F)c1O. The van der Waals surface area contributed by atoms with Gasteiger partial charge in [-0.25, -0.2) is 8.78 Å². The zero-order chi connectivity index (χ0) is 14.9. The van der Waals surface area contributed by atoms with Crippen LogP contribution in [0.25, 0.3) is 0 Å². The molecule has 0 spiro atoms. The average molecular weight is 342 g/mol. The summed E-state index contributed by atoms with van der Waals surface area (Å²) in [6.07, 6.45) is 0. The summed E-state index contributed by atoms with van der Waals surface area (Å²) in [4.78, 5) is 12.0. The maximum Gasteiger partial charge on any atom is 0.259 e. The van der Waals surface area contributed by atoms with E-state index in [0.717, 1.165) is 12.1 Å². The highest BCUT2D eigenvalue weighted by molar-refractivity contribution is 9.10. The molecule has 0 aliphatic heterocycles. The average Bonchev–Trinajstić information content (AvgIpc) is 2.39. The molecule has 2 rings (SSSR count). The Bertz CT molecular complexity index is 689. The Balaban J connectivity index is 2.33. The minimum Gasteiger partial charge on any atom is -0.507 e. The molecule has 0 radical (unpaired) electrons. The van der Waals surface area contributed by atoms with Crippen molar-refractivity contribution in [3.63, 3.8) is 0 Å². The van der Waals surface area contributed by atoms with Gasteiger partial charge in [0, 0.05) is 6.07 Å². The number of aromatic hydroxyl groups is 1. The predicted octanol–water partition coefficient (Wildman–Crippen LogP) is 3.99. The second kappa shape index (κ2) is 5.58. The van der Waals surface area contributed by atoms with Crippen LogP contribution >= 0.6 is 15.9 Å². The lowest BCUT2D eigenvalue weighted by atomic mass is 10.1. The molecule has 104 valence electrons. The third kappa shape index (κ3) is 2.80. The lowest BCUT2D eigenvalue weighted by Gasteiger charge is -2.09. The van der Waals surface area contributed by atoms with Crippen LogP contribution in [0.4, 0.5) is 14.5 Å². The number of nitrogens with one attached hydrogen (secondary N) is 1. The van der Waals surface area contributed by atoms with E-state index in [1.165, 1.54) is 6.07 Å². The monoisotopic (exact) mass is 341 g/mol. The van der Waals surface area contributed by atoms with Gasteiger partial charge in [0.05, 0.1) is 15.7 Å². The van der Waals surface area contributed by atoms with Gasteiger partial charge < -0.3 is 10.4 Å². The molecule has 0 unspecified atom stereocenters. The summed E-state index contributed by atoms with van der Waals surface area (Å²) in [5.74, 6) is -2.39. The number of hydrogen-bond acceptors (Lipinski definition) is 2. The number of hydrogen-bond donors (Lipinski definition) is 2. The van der Waals surface area contributed by atoms with Crippen molar-refractivity contribution >= 4 is 27.5 Å². The van der Waals surface area contributed by atoms with Gasteiger partial charge in [-0.3, -0.25) is 4.79 Å². The first kappa shape index (κ1) is 14.5. The lowest BCUT2D eigenvalue weighted by molar-refractivity contribution is 0.102. The normalized spacial score (nSPS) is 10.4. The number of phenolic OH excluding ortho intramolecular Hbond substituents is 1. The summed E-state index contributed by atoms with van der Waals surface area (Å²) in [6.45, 7) is 1.63. The van der Waals surface area contributed by atoms with E-state index >= 15 is 0 Å². The minimum atomic E-state index is -0.779. The van der Waals surface area contributed by atoms with Crippen LogP contribution in [0, 0.1) is 18.6 Å². The van der Waals surface area contributed by atoms with Crippen molar-refractivity contribution in [3.8, 4) is 5.75 Å². The van der Waals surface area contributed by atoms with Crippen molar-refractivity contribution in [2.24, 2.45) is 0 Å². The Labute approximate surface area is 122 Å².